The molecule has 0 aliphatic heterocycles. The molecule has 19 rings (SSSR count). The predicted molar refractivity (Wildman–Crippen MR) is 513 cm³/mol. The van der Waals surface area contributed by atoms with Crippen LogP contribution in [-0.4, -0.2) is 34.9 Å². The summed E-state index contributed by atoms with van der Waals surface area (Å²) in [5.74, 6) is 0. The molecule has 0 spiro atoms. The third kappa shape index (κ3) is 22.1. The minimum Gasteiger partial charge on any atom is -0.346 e. The van der Waals surface area contributed by atoms with E-state index in [-0.39, 0.29) is 74.0 Å². The number of benzene rings is 12. The van der Waals surface area contributed by atoms with Crippen molar-refractivity contribution in [3.63, 3.8) is 0 Å². The summed E-state index contributed by atoms with van der Waals surface area (Å²) in [7, 11) is 0. The average Bonchev–Trinajstić information content (AvgIpc) is 0.779. The van der Waals surface area contributed by atoms with Gasteiger partial charge in [-0.3, -0.25) is 4.98 Å². The van der Waals surface area contributed by atoms with Gasteiger partial charge >= 0.3 is 63.2 Å². The van der Waals surface area contributed by atoms with Crippen molar-refractivity contribution in [3.8, 4) is 112 Å². The molecule has 0 saturated carbocycles. The van der Waals surface area contributed by atoms with Gasteiger partial charge in [0.25, 0.3) is 0 Å². The van der Waals surface area contributed by atoms with E-state index >= 15 is 0 Å². The third-order valence-electron chi connectivity index (χ3n) is 21.4. The molecule has 128 heavy (non-hydrogen) atoms. The Labute approximate surface area is 794 Å². The Kier molecular flexibility index (Phi) is 30.0. The van der Waals surface area contributed by atoms with E-state index in [1.165, 1.54) is 16.7 Å². The van der Waals surface area contributed by atoms with Crippen LogP contribution in [0.25, 0.3) is 112 Å². The predicted octanol–water partition coefficient (Wildman–Crippen LogP) is 29.3. The summed E-state index contributed by atoms with van der Waals surface area (Å²) in [4.78, 5) is 38.6. The molecule has 0 saturated heterocycles. The number of rotatable bonds is 19. The number of anilines is 9. The van der Waals surface area contributed by atoms with Crippen LogP contribution >= 0.6 is 0 Å². The molecule has 0 N–H and O–H groups in total. The van der Waals surface area contributed by atoms with Crippen LogP contribution in [0.1, 0.15) is 52.7 Å². The van der Waals surface area contributed by atoms with Gasteiger partial charge in [-0.05, 0) is 208 Å². The molecule has 12 aromatic carbocycles. The first kappa shape index (κ1) is 90.4. The Balaban J connectivity index is 0.000000157. The summed E-state index contributed by atoms with van der Waals surface area (Å²) in [5, 5.41) is 0. The normalized spacial score (nSPS) is 10.9. The van der Waals surface area contributed by atoms with E-state index in [0.717, 1.165) is 158 Å². The Hall–Kier alpha value is -13.8. The average molecular weight is 2200 g/mol. The number of pyridine rings is 7. The number of hydrogen-bond donors (Lipinski definition) is 0. The minimum atomic E-state index is -0.0332. The minimum absolute atomic E-state index is 0. The van der Waals surface area contributed by atoms with Gasteiger partial charge in [-0.15, -0.1) is 179 Å². The van der Waals surface area contributed by atoms with Crippen LogP contribution in [0.2, 0.25) is 0 Å². The molecular formula is C115H88N10Pt3. The van der Waals surface area contributed by atoms with Crippen LogP contribution < -0.4 is 14.7 Å². The Morgan fingerprint density at radius 3 is 0.719 bits per heavy atom. The van der Waals surface area contributed by atoms with Crippen LogP contribution in [0.5, 0.6) is 0 Å². The van der Waals surface area contributed by atoms with Gasteiger partial charge in [-0.1, -0.05) is 236 Å². The second-order valence-corrected chi connectivity index (χ2v) is 32.1. The van der Waals surface area contributed by atoms with E-state index in [2.05, 4.69) is 349 Å². The maximum absolute atomic E-state index is 4.76. The molecule has 7 aromatic heterocycles. The van der Waals surface area contributed by atoms with Gasteiger partial charge in [0.1, 0.15) is 0 Å². The molecule has 13 heteroatoms. The molecule has 10 nitrogen and oxygen atoms in total. The van der Waals surface area contributed by atoms with Crippen molar-refractivity contribution >= 4 is 51.2 Å². The summed E-state index contributed by atoms with van der Waals surface area (Å²) < 4.78 is 0. The number of aromatic nitrogens is 7. The third-order valence-corrected chi connectivity index (χ3v) is 21.4. The molecule has 0 atom stereocenters. The van der Waals surface area contributed by atoms with Gasteiger partial charge in [0.15, 0.2) is 0 Å². The first-order valence-corrected chi connectivity index (χ1v) is 41.8. The summed E-state index contributed by atoms with van der Waals surface area (Å²) in [6, 6.07) is 150. The zero-order valence-corrected chi connectivity index (χ0v) is 78.2. The Morgan fingerprint density at radius 1 is 0.188 bits per heavy atom. The fraction of sp³-hybridized carbons (Fsp3) is 0.0696. The van der Waals surface area contributed by atoms with E-state index in [1.54, 1.807) is 24.8 Å². The molecule has 0 aliphatic carbocycles. The van der Waals surface area contributed by atoms with Crippen LogP contribution in [-0.2, 0) is 74.0 Å². The molecule has 0 bridgehead atoms. The Morgan fingerprint density at radius 2 is 0.438 bits per heavy atom. The topological polar surface area (TPSA) is 100.0 Å². The maximum atomic E-state index is 4.76. The first-order valence-electron chi connectivity index (χ1n) is 41.8. The monoisotopic (exact) mass is 2190 g/mol. The van der Waals surface area contributed by atoms with Gasteiger partial charge in [-0.2, -0.15) is 0 Å². The van der Waals surface area contributed by atoms with E-state index in [4.69, 9.17) is 15.0 Å². The van der Waals surface area contributed by atoms with Crippen molar-refractivity contribution < 1.29 is 63.2 Å². The molecule has 628 valence electrons. The molecule has 0 radical (unpaired) electrons. The standard InChI is InChI=1S/C46H31N3.C42H39N3.C27H18N4.3Pt/c1-4-12-34(13-5-1)37-22-24-42(25-23-37)49(43-20-10-18-40(30-43)45-32-38(26-28-47-45)35-14-6-2-7-15-35)44-21-11-19-41(31-44)46-33-39(27-29-48-46)36-16-8-3-9-17-36;1-41(2,3)34-27-35(42(4,5)6)29-38(28-34)45(36-18-12-16-32(24-36)39-20-10-11-22-43-39)37-19-13-17-33(25-37)40-26-31(21-23-44-40)30-14-8-7-9-15-30;1-3-15-29-26(11-1)21-7-5-9-24(19-21)31(23-13-17-28-18-14-23)25-10-6-8-22(20-25)27-12-2-4-16-30-27;;;/h1-29,32-33H;7-23,26-29H,1-6H3;1-18H;;;/q3*-2;3*+2. The van der Waals surface area contributed by atoms with Crippen molar-refractivity contribution in [1.82, 2.24) is 34.9 Å². The number of hydrogen-bond acceptors (Lipinski definition) is 10. The van der Waals surface area contributed by atoms with Crippen molar-refractivity contribution in [3.05, 3.63) is 473 Å². The summed E-state index contributed by atoms with van der Waals surface area (Å²) in [6.07, 6.45) is 14.6. The Bertz CT molecular complexity index is 6570. The maximum Gasteiger partial charge on any atom is 2.00 e. The molecule has 0 fully saturated rings. The van der Waals surface area contributed by atoms with E-state index in [0.29, 0.717) is 0 Å². The second-order valence-electron chi connectivity index (χ2n) is 32.1. The summed E-state index contributed by atoms with van der Waals surface area (Å²) in [5.41, 5.74) is 30.9. The largest absolute Gasteiger partial charge is 2.00 e. The molecular weight excluding hydrogens is 2110 g/mol. The van der Waals surface area contributed by atoms with Gasteiger partial charge < -0.3 is 44.6 Å². The van der Waals surface area contributed by atoms with E-state index in [9.17, 15) is 0 Å². The SMILES string of the molecule is CC(C)(C)c1cc(N(c2[c-]c(-c3ccccn3)ccc2)c2[c-]c(-c3cc(-c4ccccc4)ccn3)ccc2)cc(C(C)(C)C)c1.[Pt+2].[Pt+2].[Pt+2].[c-]1c(-c2cc(-c3ccccc3)ccn2)cccc1N(c1[c-]c(-c2cc(-c3ccccc3)ccn2)ccc1)c1ccc(-c2ccccc2)cc1.[c-]1c(-c2ccccn2)cccc1N(c1[c-]c(-c2ccccn2)ccc1)c1ccncc1. The zero-order valence-electron chi connectivity index (χ0n) is 71.3. The van der Waals surface area contributed by atoms with Crippen molar-refractivity contribution in [2.24, 2.45) is 0 Å². The summed E-state index contributed by atoms with van der Waals surface area (Å²) in [6.45, 7) is 13.6. The van der Waals surface area contributed by atoms with Crippen LogP contribution in [0, 0.1) is 36.4 Å². The van der Waals surface area contributed by atoms with Gasteiger partial charge in [0, 0.05) is 66.6 Å². The van der Waals surface area contributed by atoms with Gasteiger partial charge in [0.2, 0.25) is 0 Å². The quantitative estimate of drug-likeness (QED) is 0.0728. The molecule has 7 heterocycles. The van der Waals surface area contributed by atoms with E-state index < -0.39 is 0 Å². The van der Waals surface area contributed by atoms with Crippen LogP contribution in [0.4, 0.5) is 51.2 Å². The smallest absolute Gasteiger partial charge is 0.346 e. The van der Waals surface area contributed by atoms with Crippen molar-refractivity contribution in [2.75, 3.05) is 14.7 Å². The van der Waals surface area contributed by atoms with Crippen molar-refractivity contribution in [1.29, 1.82) is 0 Å². The molecule has 0 aliphatic rings. The second kappa shape index (κ2) is 42.4. The van der Waals surface area contributed by atoms with E-state index in [1.807, 2.05) is 164 Å². The fourth-order valence-corrected chi connectivity index (χ4v) is 14.9. The zero-order chi connectivity index (χ0) is 85.3. The number of nitrogens with zero attached hydrogens (tertiary/aromatic N) is 10. The first-order chi connectivity index (χ1) is 61.2. The van der Waals surface area contributed by atoms with Crippen molar-refractivity contribution in [2.45, 2.75) is 52.4 Å². The molecule has 0 unspecified atom stereocenters. The fourth-order valence-electron chi connectivity index (χ4n) is 14.9. The van der Waals surface area contributed by atoms with Crippen LogP contribution in [0.3, 0.4) is 0 Å². The van der Waals surface area contributed by atoms with Gasteiger partial charge in [-0.25, -0.2) is 0 Å². The van der Waals surface area contributed by atoms with Gasteiger partial charge in [0.05, 0.1) is 0 Å². The molecule has 19 aromatic rings. The summed E-state index contributed by atoms with van der Waals surface area (Å²) >= 11 is 0. The van der Waals surface area contributed by atoms with Crippen LogP contribution in [0.15, 0.2) is 426 Å². The molecule has 0 amide bonds.